The van der Waals surface area contributed by atoms with Crippen molar-refractivity contribution in [2.45, 2.75) is 25.5 Å². The maximum Gasteiger partial charge on any atom is 0.0940 e. The number of aliphatic hydroxyl groups excluding tert-OH is 1. The molecule has 15 heavy (non-hydrogen) atoms. The Hall–Kier alpha value is -0.990. The van der Waals surface area contributed by atoms with Crippen molar-refractivity contribution in [2.75, 3.05) is 0 Å². The number of hydrogen-bond donors (Lipinski definition) is 1. The molecule has 0 saturated heterocycles. The van der Waals surface area contributed by atoms with Gasteiger partial charge in [0.1, 0.15) is 0 Å². The highest BCUT2D eigenvalue weighted by Gasteiger charge is 2.20. The summed E-state index contributed by atoms with van der Waals surface area (Å²) in [4.78, 5) is 0. The third kappa shape index (κ3) is 1.29. The molecular formula is C12H12ClNO. The van der Waals surface area contributed by atoms with Crippen LogP contribution < -0.4 is 0 Å². The number of aliphatic hydroxyl groups is 1. The van der Waals surface area contributed by atoms with Crippen LogP contribution in [-0.2, 0) is 6.54 Å². The van der Waals surface area contributed by atoms with E-state index in [1.54, 1.807) is 0 Å². The number of aryl methyl sites for hydroxylation is 1. The number of rotatable bonds is 0. The van der Waals surface area contributed by atoms with Gasteiger partial charge >= 0.3 is 0 Å². The van der Waals surface area contributed by atoms with E-state index in [2.05, 4.69) is 10.6 Å². The van der Waals surface area contributed by atoms with Crippen molar-refractivity contribution < 1.29 is 5.11 Å². The van der Waals surface area contributed by atoms with Crippen LogP contribution in [-0.4, -0.2) is 9.67 Å². The number of fused-ring (bicyclic) bond motifs is 3. The van der Waals surface area contributed by atoms with Crippen LogP contribution in [0.4, 0.5) is 0 Å². The van der Waals surface area contributed by atoms with E-state index in [4.69, 9.17) is 11.6 Å². The molecule has 1 aliphatic heterocycles. The van der Waals surface area contributed by atoms with E-state index >= 15 is 0 Å². The van der Waals surface area contributed by atoms with Gasteiger partial charge in [-0.05, 0) is 31.0 Å². The summed E-state index contributed by atoms with van der Waals surface area (Å²) in [6, 6.07) is 7.92. The second-order valence-corrected chi connectivity index (χ2v) is 4.46. The Balaban J connectivity index is 2.35. The van der Waals surface area contributed by atoms with Crippen LogP contribution in [0.2, 0.25) is 5.02 Å². The van der Waals surface area contributed by atoms with Crippen LogP contribution in [0.1, 0.15) is 24.6 Å². The van der Waals surface area contributed by atoms with Gasteiger partial charge in [0.05, 0.1) is 6.10 Å². The summed E-state index contributed by atoms with van der Waals surface area (Å²) in [5.74, 6) is 0. The molecule has 1 aliphatic rings. The summed E-state index contributed by atoms with van der Waals surface area (Å²) >= 11 is 6.13. The Bertz CT molecular complexity index is 518. The van der Waals surface area contributed by atoms with E-state index in [9.17, 15) is 5.11 Å². The first-order chi connectivity index (χ1) is 7.27. The van der Waals surface area contributed by atoms with Crippen LogP contribution in [0.5, 0.6) is 0 Å². The van der Waals surface area contributed by atoms with Crippen molar-refractivity contribution >= 4 is 22.5 Å². The van der Waals surface area contributed by atoms with E-state index in [-0.39, 0.29) is 6.10 Å². The lowest BCUT2D eigenvalue weighted by molar-refractivity contribution is 0.140. The molecular weight excluding hydrogens is 210 g/mol. The fraction of sp³-hybridized carbons (Fsp3) is 0.333. The smallest absolute Gasteiger partial charge is 0.0940 e. The molecule has 1 atom stereocenters. The van der Waals surface area contributed by atoms with Gasteiger partial charge in [-0.2, -0.15) is 0 Å². The molecule has 1 aromatic heterocycles. The quantitative estimate of drug-likeness (QED) is 0.727. The van der Waals surface area contributed by atoms with Crippen molar-refractivity contribution in [3.05, 3.63) is 35.0 Å². The van der Waals surface area contributed by atoms with Gasteiger partial charge < -0.3 is 9.67 Å². The normalized spacial score (nSPS) is 20.5. The number of aromatic nitrogens is 1. The molecule has 1 aromatic carbocycles. The predicted octanol–water partition coefficient (Wildman–Crippen LogP) is 3.12. The van der Waals surface area contributed by atoms with Gasteiger partial charge in [0.15, 0.2) is 0 Å². The molecule has 3 rings (SSSR count). The van der Waals surface area contributed by atoms with Crippen LogP contribution in [0.15, 0.2) is 24.3 Å². The Labute approximate surface area is 93.1 Å². The molecule has 1 unspecified atom stereocenters. The molecule has 2 aromatic rings. The maximum atomic E-state index is 9.89. The molecule has 0 saturated carbocycles. The molecule has 3 heteroatoms. The maximum absolute atomic E-state index is 9.89. The molecule has 78 valence electrons. The molecule has 0 spiro atoms. The van der Waals surface area contributed by atoms with Crippen molar-refractivity contribution in [2.24, 2.45) is 0 Å². The second-order valence-electron chi connectivity index (χ2n) is 4.05. The second kappa shape index (κ2) is 3.26. The van der Waals surface area contributed by atoms with Gasteiger partial charge in [0, 0.05) is 28.2 Å². The lowest BCUT2D eigenvalue weighted by Gasteiger charge is -2.20. The van der Waals surface area contributed by atoms with Crippen molar-refractivity contribution in [1.82, 2.24) is 4.57 Å². The van der Waals surface area contributed by atoms with E-state index in [1.807, 2.05) is 18.2 Å². The van der Waals surface area contributed by atoms with Crippen LogP contribution in [0, 0.1) is 0 Å². The third-order valence-electron chi connectivity index (χ3n) is 3.13. The van der Waals surface area contributed by atoms with E-state index in [1.165, 1.54) is 0 Å². The first-order valence-electron chi connectivity index (χ1n) is 5.23. The zero-order valence-corrected chi connectivity index (χ0v) is 9.04. The lowest BCUT2D eigenvalue weighted by Crippen LogP contribution is -2.14. The van der Waals surface area contributed by atoms with Gasteiger partial charge in [-0.25, -0.2) is 0 Å². The minimum absolute atomic E-state index is 0.331. The SMILES string of the molecule is OC1CCCn2c1cc1c(Cl)cccc12. The molecule has 0 aliphatic carbocycles. The summed E-state index contributed by atoms with van der Waals surface area (Å²) in [6.07, 6.45) is 1.56. The Morgan fingerprint density at radius 3 is 3.13 bits per heavy atom. The summed E-state index contributed by atoms with van der Waals surface area (Å²) in [6.45, 7) is 0.982. The van der Waals surface area contributed by atoms with Crippen LogP contribution in [0.3, 0.4) is 0 Å². The highest BCUT2D eigenvalue weighted by molar-refractivity contribution is 6.35. The predicted molar refractivity (Wildman–Crippen MR) is 61.1 cm³/mol. The highest BCUT2D eigenvalue weighted by atomic mass is 35.5. The molecule has 1 N–H and O–H groups in total. The number of nitrogens with zero attached hydrogens (tertiary/aromatic N) is 1. The first-order valence-corrected chi connectivity index (χ1v) is 5.61. The molecule has 0 amide bonds. The third-order valence-corrected chi connectivity index (χ3v) is 3.45. The van der Waals surface area contributed by atoms with Gasteiger partial charge in [-0.1, -0.05) is 17.7 Å². The zero-order valence-electron chi connectivity index (χ0n) is 8.28. The summed E-state index contributed by atoms with van der Waals surface area (Å²) in [5, 5.41) is 11.7. The summed E-state index contributed by atoms with van der Waals surface area (Å²) < 4.78 is 2.18. The lowest BCUT2D eigenvalue weighted by atomic mass is 10.1. The average molecular weight is 222 g/mol. The van der Waals surface area contributed by atoms with Crippen molar-refractivity contribution in [3.63, 3.8) is 0 Å². The topological polar surface area (TPSA) is 25.2 Å². The largest absolute Gasteiger partial charge is 0.387 e. The molecule has 2 nitrogen and oxygen atoms in total. The Morgan fingerprint density at radius 2 is 2.27 bits per heavy atom. The fourth-order valence-corrected chi connectivity index (χ4v) is 2.61. The van der Waals surface area contributed by atoms with Gasteiger partial charge in [-0.3, -0.25) is 0 Å². The van der Waals surface area contributed by atoms with Crippen molar-refractivity contribution in [1.29, 1.82) is 0 Å². The van der Waals surface area contributed by atoms with Gasteiger partial charge in [0.25, 0.3) is 0 Å². The summed E-state index contributed by atoms with van der Waals surface area (Å²) in [7, 11) is 0. The fourth-order valence-electron chi connectivity index (χ4n) is 2.39. The van der Waals surface area contributed by atoms with Gasteiger partial charge in [0.2, 0.25) is 0 Å². The van der Waals surface area contributed by atoms with Crippen LogP contribution >= 0.6 is 11.6 Å². The molecule has 0 fully saturated rings. The highest BCUT2D eigenvalue weighted by Crippen LogP contribution is 2.34. The standard InChI is InChI=1S/C12H12ClNO/c13-9-3-1-4-10-8(9)7-11-12(15)5-2-6-14(10)11/h1,3-4,7,12,15H,2,5-6H2. The zero-order chi connectivity index (χ0) is 10.4. The molecule has 2 heterocycles. The molecule has 0 bridgehead atoms. The average Bonchev–Trinajstić information content (AvgIpc) is 2.60. The minimum Gasteiger partial charge on any atom is -0.387 e. The van der Waals surface area contributed by atoms with E-state index < -0.39 is 0 Å². The Morgan fingerprint density at radius 1 is 1.40 bits per heavy atom. The monoisotopic (exact) mass is 221 g/mol. The van der Waals surface area contributed by atoms with E-state index in [0.29, 0.717) is 0 Å². The van der Waals surface area contributed by atoms with Crippen molar-refractivity contribution in [3.8, 4) is 0 Å². The Kier molecular flexibility index (Phi) is 2.01. The number of benzene rings is 1. The number of halogens is 1. The van der Waals surface area contributed by atoms with E-state index in [0.717, 1.165) is 41.0 Å². The molecule has 0 radical (unpaired) electrons. The van der Waals surface area contributed by atoms with Gasteiger partial charge in [-0.15, -0.1) is 0 Å². The first kappa shape index (κ1) is 9.25. The minimum atomic E-state index is -0.331. The van der Waals surface area contributed by atoms with Crippen LogP contribution in [0.25, 0.3) is 10.9 Å². The summed E-state index contributed by atoms with van der Waals surface area (Å²) in [5.41, 5.74) is 2.14. The number of hydrogen-bond acceptors (Lipinski definition) is 1.